The van der Waals surface area contributed by atoms with Crippen LogP contribution in [-0.2, 0) is 0 Å². The van der Waals surface area contributed by atoms with Gasteiger partial charge in [-0.15, -0.1) is 0 Å². The molecule has 0 unspecified atom stereocenters. The van der Waals surface area contributed by atoms with Crippen molar-refractivity contribution in [3.63, 3.8) is 0 Å². The molecular weight excluding hydrogens is 416 g/mol. The Morgan fingerprint density at radius 3 is 2.87 bits per heavy atom. The number of benzene rings is 1. The van der Waals surface area contributed by atoms with E-state index in [4.69, 9.17) is 21.4 Å². The molecule has 9 heteroatoms. The van der Waals surface area contributed by atoms with E-state index in [2.05, 4.69) is 25.2 Å². The van der Waals surface area contributed by atoms with Crippen molar-refractivity contribution >= 4 is 34.6 Å². The second-order valence-corrected chi connectivity index (χ2v) is 7.38. The number of aromatic nitrogens is 4. The van der Waals surface area contributed by atoms with E-state index in [-0.39, 0.29) is 6.61 Å². The van der Waals surface area contributed by atoms with Crippen molar-refractivity contribution in [3.05, 3.63) is 60.0 Å². The van der Waals surface area contributed by atoms with Gasteiger partial charge in [-0.05, 0) is 30.7 Å². The number of pyridine rings is 1. The van der Waals surface area contributed by atoms with E-state index in [1.54, 1.807) is 19.5 Å². The minimum absolute atomic E-state index is 0.157. The molecule has 3 heterocycles. The summed E-state index contributed by atoms with van der Waals surface area (Å²) in [6.45, 7) is 0.902. The number of nitrogens with zero attached hydrogens (tertiary/aromatic N) is 5. The third-order valence-electron chi connectivity index (χ3n) is 4.93. The lowest BCUT2D eigenvalue weighted by Gasteiger charge is -2.20. The van der Waals surface area contributed by atoms with Gasteiger partial charge in [-0.25, -0.2) is 15.0 Å². The molecule has 4 aromatic rings. The van der Waals surface area contributed by atoms with Crippen molar-refractivity contribution < 1.29 is 9.84 Å². The minimum Gasteiger partial charge on any atom is -0.494 e. The topological polar surface area (TPSA) is 87.8 Å². The summed E-state index contributed by atoms with van der Waals surface area (Å²) in [4.78, 5) is 15.4. The fourth-order valence-electron chi connectivity index (χ4n) is 3.29. The highest BCUT2D eigenvalue weighted by Crippen LogP contribution is 2.32. The number of aliphatic hydroxyl groups excluding tert-OH is 1. The summed E-state index contributed by atoms with van der Waals surface area (Å²) in [6, 6.07) is 11.6. The zero-order valence-electron chi connectivity index (χ0n) is 17.3. The standard InChI is InChI=1S/C22H23ClN6O2/c1-28(9-5-11-30)15-7-8-17(19(12-15)31-2)26-22-25-13-16(23)21(27-22)18-14-24-20-6-3-4-10-29(18)20/h3-4,6-8,10,12-14,30H,5,9,11H2,1-2H3,(H,25,26,27). The van der Waals surface area contributed by atoms with Crippen LogP contribution in [0.25, 0.3) is 17.0 Å². The zero-order chi connectivity index (χ0) is 21.8. The van der Waals surface area contributed by atoms with E-state index in [1.165, 1.54) is 0 Å². The van der Waals surface area contributed by atoms with Gasteiger partial charge in [-0.1, -0.05) is 17.7 Å². The van der Waals surface area contributed by atoms with Crippen molar-refractivity contribution in [1.82, 2.24) is 19.4 Å². The van der Waals surface area contributed by atoms with Crippen molar-refractivity contribution in [2.45, 2.75) is 6.42 Å². The molecule has 31 heavy (non-hydrogen) atoms. The van der Waals surface area contributed by atoms with E-state index in [9.17, 15) is 0 Å². The van der Waals surface area contributed by atoms with Gasteiger partial charge in [-0.3, -0.25) is 4.40 Å². The van der Waals surface area contributed by atoms with Gasteiger partial charge in [0, 0.05) is 38.1 Å². The molecule has 0 aliphatic carbocycles. The van der Waals surface area contributed by atoms with Gasteiger partial charge in [0.1, 0.15) is 17.1 Å². The monoisotopic (exact) mass is 438 g/mol. The molecule has 0 bridgehead atoms. The molecule has 8 nitrogen and oxygen atoms in total. The Kier molecular flexibility index (Phi) is 6.20. The van der Waals surface area contributed by atoms with E-state index in [0.29, 0.717) is 28.8 Å². The van der Waals surface area contributed by atoms with Crippen LogP contribution >= 0.6 is 11.6 Å². The number of aliphatic hydroxyl groups is 1. The molecule has 3 aromatic heterocycles. The smallest absolute Gasteiger partial charge is 0.227 e. The normalized spacial score (nSPS) is 11.0. The van der Waals surface area contributed by atoms with Gasteiger partial charge in [0.2, 0.25) is 5.95 Å². The second kappa shape index (κ2) is 9.20. The molecule has 0 radical (unpaired) electrons. The number of nitrogens with one attached hydrogen (secondary N) is 1. The summed E-state index contributed by atoms with van der Waals surface area (Å²) in [5.74, 6) is 1.05. The number of ether oxygens (including phenoxy) is 1. The fraction of sp³-hybridized carbons (Fsp3) is 0.227. The highest BCUT2D eigenvalue weighted by molar-refractivity contribution is 6.32. The van der Waals surface area contributed by atoms with Crippen LogP contribution in [-0.4, -0.2) is 51.8 Å². The van der Waals surface area contributed by atoms with Gasteiger partial charge in [-0.2, -0.15) is 0 Å². The van der Waals surface area contributed by atoms with Crippen molar-refractivity contribution in [2.75, 3.05) is 37.5 Å². The number of halogens is 1. The largest absolute Gasteiger partial charge is 0.494 e. The van der Waals surface area contributed by atoms with Gasteiger partial charge < -0.3 is 20.1 Å². The molecule has 1 aromatic carbocycles. The Balaban J connectivity index is 1.63. The molecule has 0 fully saturated rings. The molecule has 0 atom stereocenters. The first-order valence-electron chi connectivity index (χ1n) is 9.82. The molecule has 0 spiro atoms. The van der Waals surface area contributed by atoms with Crippen LogP contribution in [0.3, 0.4) is 0 Å². The van der Waals surface area contributed by atoms with Gasteiger partial charge >= 0.3 is 0 Å². The first kappa shape index (κ1) is 20.9. The van der Waals surface area contributed by atoms with Crippen LogP contribution < -0.4 is 15.0 Å². The number of anilines is 3. The summed E-state index contributed by atoms with van der Waals surface area (Å²) in [5, 5.41) is 12.7. The van der Waals surface area contributed by atoms with Crippen LogP contribution in [0.2, 0.25) is 5.02 Å². The third kappa shape index (κ3) is 4.40. The molecule has 0 aliphatic heterocycles. The van der Waals surface area contributed by atoms with Gasteiger partial charge in [0.05, 0.1) is 35.9 Å². The average Bonchev–Trinajstić information content (AvgIpc) is 3.23. The van der Waals surface area contributed by atoms with E-state index < -0.39 is 0 Å². The Morgan fingerprint density at radius 1 is 1.19 bits per heavy atom. The lowest BCUT2D eigenvalue weighted by Crippen LogP contribution is -2.19. The maximum Gasteiger partial charge on any atom is 0.227 e. The molecular formula is C22H23ClN6O2. The van der Waals surface area contributed by atoms with E-state index >= 15 is 0 Å². The van der Waals surface area contributed by atoms with Gasteiger partial charge in [0.15, 0.2) is 0 Å². The first-order valence-corrected chi connectivity index (χ1v) is 10.2. The Hall–Kier alpha value is -3.36. The van der Waals surface area contributed by atoms with E-state index in [0.717, 1.165) is 29.3 Å². The Bertz CT molecular complexity index is 1200. The van der Waals surface area contributed by atoms with E-state index in [1.807, 2.05) is 54.0 Å². The molecule has 0 amide bonds. The number of rotatable bonds is 8. The Labute approximate surface area is 185 Å². The zero-order valence-corrected chi connectivity index (χ0v) is 18.0. The predicted octanol–water partition coefficient (Wildman–Crippen LogP) is 4.02. The lowest BCUT2D eigenvalue weighted by atomic mass is 10.2. The summed E-state index contributed by atoms with van der Waals surface area (Å²) in [7, 11) is 3.59. The molecule has 160 valence electrons. The molecule has 2 N–H and O–H groups in total. The number of imidazole rings is 1. The summed E-state index contributed by atoms with van der Waals surface area (Å²) in [6.07, 6.45) is 5.92. The van der Waals surface area contributed by atoms with Crippen molar-refractivity contribution in [1.29, 1.82) is 0 Å². The van der Waals surface area contributed by atoms with Crippen molar-refractivity contribution in [2.24, 2.45) is 0 Å². The highest BCUT2D eigenvalue weighted by atomic mass is 35.5. The van der Waals surface area contributed by atoms with Crippen LogP contribution in [0, 0.1) is 0 Å². The third-order valence-corrected chi connectivity index (χ3v) is 5.20. The summed E-state index contributed by atoms with van der Waals surface area (Å²) < 4.78 is 7.49. The maximum atomic E-state index is 9.05. The van der Waals surface area contributed by atoms with Gasteiger partial charge in [0.25, 0.3) is 0 Å². The first-order chi connectivity index (χ1) is 15.1. The Morgan fingerprint density at radius 2 is 2.06 bits per heavy atom. The molecule has 0 saturated heterocycles. The second-order valence-electron chi connectivity index (χ2n) is 6.97. The lowest BCUT2D eigenvalue weighted by molar-refractivity contribution is 0.290. The number of fused-ring (bicyclic) bond motifs is 1. The maximum absolute atomic E-state index is 9.05. The average molecular weight is 439 g/mol. The van der Waals surface area contributed by atoms with Crippen LogP contribution in [0.4, 0.5) is 17.3 Å². The van der Waals surface area contributed by atoms with Crippen molar-refractivity contribution in [3.8, 4) is 17.1 Å². The minimum atomic E-state index is 0.157. The number of methoxy groups -OCH3 is 1. The highest BCUT2D eigenvalue weighted by Gasteiger charge is 2.14. The predicted molar refractivity (Wildman–Crippen MR) is 122 cm³/mol. The molecule has 0 aliphatic rings. The number of hydrogen-bond donors (Lipinski definition) is 2. The molecule has 4 rings (SSSR count). The molecule has 0 saturated carbocycles. The quantitative estimate of drug-likeness (QED) is 0.429. The fourth-order valence-corrected chi connectivity index (χ4v) is 3.48. The number of hydrogen-bond acceptors (Lipinski definition) is 7. The van der Waals surface area contributed by atoms with Crippen LogP contribution in [0.5, 0.6) is 5.75 Å². The van der Waals surface area contributed by atoms with Crippen LogP contribution in [0.1, 0.15) is 6.42 Å². The summed E-state index contributed by atoms with van der Waals surface area (Å²) >= 11 is 6.40. The van der Waals surface area contributed by atoms with Crippen LogP contribution in [0.15, 0.2) is 55.0 Å². The SMILES string of the molecule is COc1cc(N(C)CCCO)ccc1Nc1ncc(Cl)c(-c2cnc3ccccn23)n1. The summed E-state index contributed by atoms with van der Waals surface area (Å²) in [5.41, 5.74) is 3.88.